The average molecular weight is 379 g/mol. The topological polar surface area (TPSA) is 108 Å². The minimum Gasteiger partial charge on any atom is -0.481 e. The van der Waals surface area contributed by atoms with Crippen molar-refractivity contribution in [2.45, 2.75) is 0 Å². The molecule has 9 heteroatoms. The second kappa shape index (κ2) is 9.08. The Balaban J connectivity index is 1.75. The fraction of sp³-hybridized carbons (Fsp3) is 0.105. The molecule has 0 unspecified atom stereocenters. The summed E-state index contributed by atoms with van der Waals surface area (Å²) in [7, 11) is 2.97. The van der Waals surface area contributed by atoms with E-state index in [-0.39, 0.29) is 11.9 Å². The molecule has 0 bridgehead atoms. The van der Waals surface area contributed by atoms with Crippen LogP contribution >= 0.6 is 0 Å². The van der Waals surface area contributed by atoms with Crippen molar-refractivity contribution in [1.29, 1.82) is 0 Å². The number of amides is 1. The molecule has 1 aromatic carbocycles. The number of hydrazone groups is 1. The maximum atomic E-state index is 12.0. The Morgan fingerprint density at radius 1 is 1.04 bits per heavy atom. The quantitative estimate of drug-likeness (QED) is 0.496. The lowest BCUT2D eigenvalue weighted by atomic mass is 10.2. The number of pyridine rings is 1. The van der Waals surface area contributed by atoms with Crippen LogP contribution in [0.15, 0.2) is 60.0 Å². The molecule has 1 amide bonds. The van der Waals surface area contributed by atoms with Crippen molar-refractivity contribution in [3.05, 3.63) is 66.0 Å². The van der Waals surface area contributed by atoms with Crippen molar-refractivity contribution < 1.29 is 19.0 Å². The molecule has 0 aliphatic rings. The molecule has 0 fully saturated rings. The fourth-order valence-electron chi connectivity index (χ4n) is 2.15. The molecule has 9 nitrogen and oxygen atoms in total. The molecule has 1 N–H and O–H groups in total. The summed E-state index contributed by atoms with van der Waals surface area (Å²) in [6.07, 6.45) is 4.53. The van der Waals surface area contributed by atoms with Crippen LogP contribution < -0.4 is 19.6 Å². The first-order valence-corrected chi connectivity index (χ1v) is 8.17. The summed E-state index contributed by atoms with van der Waals surface area (Å²) >= 11 is 0. The van der Waals surface area contributed by atoms with Gasteiger partial charge in [-0.05, 0) is 24.3 Å². The van der Waals surface area contributed by atoms with E-state index in [1.54, 1.807) is 30.3 Å². The molecule has 0 saturated carbocycles. The molecule has 0 saturated heterocycles. The van der Waals surface area contributed by atoms with E-state index in [4.69, 9.17) is 14.2 Å². The zero-order valence-electron chi connectivity index (χ0n) is 15.2. The van der Waals surface area contributed by atoms with Crippen molar-refractivity contribution in [2.24, 2.45) is 5.10 Å². The highest BCUT2D eigenvalue weighted by atomic mass is 16.5. The Morgan fingerprint density at radius 3 is 2.39 bits per heavy atom. The Labute approximate surface area is 161 Å². The molecule has 0 radical (unpaired) electrons. The summed E-state index contributed by atoms with van der Waals surface area (Å²) in [5.41, 5.74) is 3.52. The van der Waals surface area contributed by atoms with E-state index in [1.165, 1.54) is 38.9 Å². The van der Waals surface area contributed by atoms with Gasteiger partial charge < -0.3 is 14.2 Å². The van der Waals surface area contributed by atoms with E-state index < -0.39 is 0 Å². The summed E-state index contributed by atoms with van der Waals surface area (Å²) in [6, 6.07) is 11.9. The van der Waals surface area contributed by atoms with Gasteiger partial charge in [0.25, 0.3) is 5.91 Å². The smallest absolute Gasteiger partial charge is 0.328 e. The maximum absolute atomic E-state index is 12.0. The molecule has 28 heavy (non-hydrogen) atoms. The van der Waals surface area contributed by atoms with Gasteiger partial charge in [0.1, 0.15) is 5.75 Å². The Hall–Kier alpha value is -4.01. The van der Waals surface area contributed by atoms with Crippen LogP contribution in [0.25, 0.3) is 0 Å². The van der Waals surface area contributed by atoms with Gasteiger partial charge in [0, 0.05) is 23.5 Å². The van der Waals surface area contributed by atoms with Gasteiger partial charge in [0.2, 0.25) is 11.8 Å². The number of methoxy groups -OCH3 is 2. The van der Waals surface area contributed by atoms with Gasteiger partial charge in [0.05, 0.1) is 26.5 Å². The number of hydrogen-bond acceptors (Lipinski definition) is 8. The number of ether oxygens (including phenoxy) is 3. The summed E-state index contributed by atoms with van der Waals surface area (Å²) in [5.74, 6) is 0.702. The van der Waals surface area contributed by atoms with Crippen LogP contribution in [0.3, 0.4) is 0 Å². The first-order valence-electron chi connectivity index (χ1n) is 8.17. The third-order valence-corrected chi connectivity index (χ3v) is 3.51. The van der Waals surface area contributed by atoms with Crippen LogP contribution in [0.4, 0.5) is 0 Å². The van der Waals surface area contributed by atoms with Gasteiger partial charge in [-0.15, -0.1) is 0 Å². The van der Waals surface area contributed by atoms with E-state index in [9.17, 15) is 4.79 Å². The SMILES string of the molecule is COc1cc(OC)nc(Oc2ccccc2C=NNC(=O)c2ccncc2)n1. The van der Waals surface area contributed by atoms with Gasteiger partial charge in [-0.2, -0.15) is 15.1 Å². The Morgan fingerprint density at radius 2 is 1.71 bits per heavy atom. The number of aromatic nitrogens is 3. The van der Waals surface area contributed by atoms with Crippen LogP contribution in [-0.4, -0.2) is 41.3 Å². The van der Waals surface area contributed by atoms with E-state index >= 15 is 0 Å². The number of carbonyl (C=O) groups excluding carboxylic acids is 1. The molecule has 3 aromatic rings. The number of para-hydroxylation sites is 1. The summed E-state index contributed by atoms with van der Waals surface area (Å²) in [6.45, 7) is 0. The van der Waals surface area contributed by atoms with Crippen molar-refractivity contribution in [3.8, 4) is 23.5 Å². The average Bonchev–Trinajstić information content (AvgIpc) is 2.75. The maximum Gasteiger partial charge on any atom is 0.328 e. The zero-order valence-corrected chi connectivity index (χ0v) is 15.2. The second-order valence-electron chi connectivity index (χ2n) is 5.31. The molecule has 0 aliphatic carbocycles. The number of hydrogen-bond donors (Lipinski definition) is 1. The predicted molar refractivity (Wildman–Crippen MR) is 101 cm³/mol. The first kappa shape index (κ1) is 18.8. The van der Waals surface area contributed by atoms with E-state index in [2.05, 4.69) is 25.5 Å². The number of nitrogens with zero attached hydrogens (tertiary/aromatic N) is 4. The molecule has 142 valence electrons. The van der Waals surface area contributed by atoms with Crippen LogP contribution in [0, 0.1) is 0 Å². The number of carbonyl (C=O) groups is 1. The lowest BCUT2D eigenvalue weighted by molar-refractivity contribution is 0.0955. The standard InChI is InChI=1S/C19H17N5O4/c1-26-16-11-17(27-2)23-19(22-16)28-15-6-4-3-5-14(15)12-21-24-18(25)13-7-9-20-10-8-13/h3-12H,1-2H3,(H,24,25). The van der Waals surface area contributed by atoms with E-state index in [1.807, 2.05) is 6.07 Å². The third-order valence-electron chi connectivity index (χ3n) is 3.51. The van der Waals surface area contributed by atoms with Gasteiger partial charge in [-0.25, -0.2) is 5.43 Å². The number of benzene rings is 1. The predicted octanol–water partition coefficient (Wildman–Crippen LogP) is 2.45. The van der Waals surface area contributed by atoms with Crippen molar-refractivity contribution in [1.82, 2.24) is 20.4 Å². The first-order chi connectivity index (χ1) is 13.7. The monoisotopic (exact) mass is 379 g/mol. The van der Waals surface area contributed by atoms with E-state index in [0.29, 0.717) is 28.6 Å². The van der Waals surface area contributed by atoms with Gasteiger partial charge in [0.15, 0.2) is 0 Å². The van der Waals surface area contributed by atoms with E-state index in [0.717, 1.165) is 0 Å². The molecular formula is C19H17N5O4. The summed E-state index contributed by atoms with van der Waals surface area (Å²) < 4.78 is 16.0. The summed E-state index contributed by atoms with van der Waals surface area (Å²) in [5, 5.41) is 3.97. The minimum atomic E-state index is -0.349. The van der Waals surface area contributed by atoms with Gasteiger partial charge >= 0.3 is 6.01 Å². The lowest BCUT2D eigenvalue weighted by Crippen LogP contribution is -2.17. The van der Waals surface area contributed by atoms with Crippen LogP contribution in [0.1, 0.15) is 15.9 Å². The highest BCUT2D eigenvalue weighted by Crippen LogP contribution is 2.25. The fourth-order valence-corrected chi connectivity index (χ4v) is 2.15. The molecule has 2 aromatic heterocycles. The molecule has 0 spiro atoms. The number of nitrogens with one attached hydrogen (secondary N) is 1. The minimum absolute atomic E-state index is 0.0536. The zero-order chi connectivity index (χ0) is 19.8. The molecule has 3 rings (SSSR count). The largest absolute Gasteiger partial charge is 0.481 e. The molecule has 0 aliphatic heterocycles. The van der Waals surface area contributed by atoms with Crippen LogP contribution in [-0.2, 0) is 0 Å². The van der Waals surface area contributed by atoms with Gasteiger partial charge in [-0.3, -0.25) is 9.78 Å². The highest BCUT2D eigenvalue weighted by Gasteiger charge is 2.10. The highest BCUT2D eigenvalue weighted by molar-refractivity contribution is 5.94. The van der Waals surface area contributed by atoms with Gasteiger partial charge in [-0.1, -0.05) is 12.1 Å². The van der Waals surface area contributed by atoms with Crippen molar-refractivity contribution in [3.63, 3.8) is 0 Å². The molecular weight excluding hydrogens is 362 g/mol. The Kier molecular flexibility index (Phi) is 6.09. The molecule has 0 atom stereocenters. The second-order valence-corrected chi connectivity index (χ2v) is 5.31. The number of rotatable bonds is 7. The van der Waals surface area contributed by atoms with Crippen molar-refractivity contribution in [2.75, 3.05) is 14.2 Å². The Bertz CT molecular complexity index is 957. The lowest BCUT2D eigenvalue weighted by Gasteiger charge is -2.09. The van der Waals surface area contributed by atoms with Crippen LogP contribution in [0.2, 0.25) is 0 Å². The molecule has 2 heterocycles. The summed E-state index contributed by atoms with van der Waals surface area (Å²) in [4.78, 5) is 24.1. The van der Waals surface area contributed by atoms with Crippen LogP contribution in [0.5, 0.6) is 23.5 Å². The third kappa shape index (κ3) is 4.79. The van der Waals surface area contributed by atoms with Crippen molar-refractivity contribution >= 4 is 12.1 Å². The normalized spacial score (nSPS) is 10.5.